The summed E-state index contributed by atoms with van der Waals surface area (Å²) in [7, 11) is 0. The average molecular weight is 281 g/mol. The molecule has 2 heteroatoms. The summed E-state index contributed by atoms with van der Waals surface area (Å²) in [6.45, 7) is 6.90. The molecule has 0 radical (unpaired) electrons. The fourth-order valence-corrected chi connectivity index (χ4v) is 2.35. The molecule has 110 valence electrons. The molecule has 0 aliphatic carbocycles. The second kappa shape index (κ2) is 7.07. The van der Waals surface area contributed by atoms with Crippen LogP contribution in [0.3, 0.4) is 0 Å². The van der Waals surface area contributed by atoms with Crippen molar-refractivity contribution in [3.05, 3.63) is 70.3 Å². The second-order valence-electron chi connectivity index (χ2n) is 5.65. The van der Waals surface area contributed by atoms with E-state index in [4.69, 9.17) is 0 Å². The molecule has 2 rings (SSSR count). The highest BCUT2D eigenvalue weighted by Gasteiger charge is 2.05. The number of hydrogen-bond donors (Lipinski definition) is 1. The van der Waals surface area contributed by atoms with Gasteiger partial charge >= 0.3 is 0 Å². The molecule has 0 heterocycles. The minimum absolute atomic E-state index is 0.0161. The number of carbonyl (C=O) groups excluding carboxylic acids is 1. The molecule has 2 nitrogen and oxygen atoms in total. The molecule has 0 aliphatic heterocycles. The zero-order valence-electron chi connectivity index (χ0n) is 13.1. The van der Waals surface area contributed by atoms with E-state index in [1.54, 1.807) is 0 Å². The van der Waals surface area contributed by atoms with Gasteiger partial charge in [0.2, 0.25) is 0 Å². The Morgan fingerprint density at radius 2 is 1.81 bits per heavy atom. The SMILES string of the molecule is Cc1cccc(CCCNC(=O)c2ccc(C)c(C)c2)c1. The van der Waals surface area contributed by atoms with Crippen LogP contribution in [0.15, 0.2) is 42.5 Å². The van der Waals surface area contributed by atoms with Crippen molar-refractivity contribution in [3.63, 3.8) is 0 Å². The van der Waals surface area contributed by atoms with Crippen molar-refractivity contribution in [1.82, 2.24) is 5.32 Å². The monoisotopic (exact) mass is 281 g/mol. The molecule has 2 aromatic carbocycles. The molecule has 0 aliphatic rings. The Hall–Kier alpha value is -2.09. The lowest BCUT2D eigenvalue weighted by atomic mass is 10.1. The van der Waals surface area contributed by atoms with Gasteiger partial charge < -0.3 is 5.32 Å². The summed E-state index contributed by atoms with van der Waals surface area (Å²) in [5.74, 6) is 0.0161. The minimum atomic E-state index is 0.0161. The van der Waals surface area contributed by atoms with E-state index in [1.165, 1.54) is 16.7 Å². The fourth-order valence-electron chi connectivity index (χ4n) is 2.35. The molecule has 0 bridgehead atoms. The van der Waals surface area contributed by atoms with Crippen molar-refractivity contribution < 1.29 is 4.79 Å². The van der Waals surface area contributed by atoms with E-state index in [0.29, 0.717) is 6.54 Å². The Bertz CT molecular complexity index is 631. The zero-order valence-corrected chi connectivity index (χ0v) is 13.1. The Kier molecular flexibility index (Phi) is 5.15. The second-order valence-corrected chi connectivity index (χ2v) is 5.65. The molecule has 21 heavy (non-hydrogen) atoms. The third kappa shape index (κ3) is 4.45. The first-order valence-electron chi connectivity index (χ1n) is 7.47. The van der Waals surface area contributed by atoms with Gasteiger partial charge in [-0.3, -0.25) is 4.79 Å². The lowest BCUT2D eigenvalue weighted by molar-refractivity contribution is 0.0953. The first-order valence-corrected chi connectivity index (χ1v) is 7.47. The maximum Gasteiger partial charge on any atom is 0.251 e. The quantitative estimate of drug-likeness (QED) is 0.825. The van der Waals surface area contributed by atoms with Crippen LogP contribution in [0.5, 0.6) is 0 Å². The third-order valence-electron chi connectivity index (χ3n) is 3.78. The molecule has 0 fully saturated rings. The Morgan fingerprint density at radius 1 is 1.00 bits per heavy atom. The third-order valence-corrected chi connectivity index (χ3v) is 3.78. The lowest BCUT2D eigenvalue weighted by Gasteiger charge is -2.07. The predicted octanol–water partition coefficient (Wildman–Crippen LogP) is 3.97. The molecular formula is C19H23NO. The zero-order chi connectivity index (χ0) is 15.2. The maximum absolute atomic E-state index is 12.1. The predicted molar refractivity (Wildman–Crippen MR) is 87.7 cm³/mol. The Morgan fingerprint density at radius 3 is 2.52 bits per heavy atom. The van der Waals surface area contributed by atoms with Gasteiger partial charge in [-0.25, -0.2) is 0 Å². The van der Waals surface area contributed by atoms with Gasteiger partial charge in [-0.2, -0.15) is 0 Å². The summed E-state index contributed by atoms with van der Waals surface area (Å²) >= 11 is 0. The van der Waals surface area contributed by atoms with Crippen LogP contribution in [0.2, 0.25) is 0 Å². The van der Waals surface area contributed by atoms with Gasteiger partial charge in [-0.15, -0.1) is 0 Å². The first kappa shape index (κ1) is 15.3. The van der Waals surface area contributed by atoms with Gasteiger partial charge in [0.1, 0.15) is 0 Å². The average Bonchev–Trinajstić information content (AvgIpc) is 2.46. The highest BCUT2D eigenvalue weighted by atomic mass is 16.1. The van der Waals surface area contributed by atoms with Crippen LogP contribution >= 0.6 is 0 Å². The van der Waals surface area contributed by atoms with Gasteiger partial charge in [-0.05, 0) is 62.4 Å². The lowest BCUT2D eigenvalue weighted by Crippen LogP contribution is -2.24. The van der Waals surface area contributed by atoms with Gasteiger partial charge in [0.15, 0.2) is 0 Å². The number of carbonyl (C=O) groups is 1. The van der Waals surface area contributed by atoms with Gasteiger partial charge in [-0.1, -0.05) is 35.9 Å². The highest BCUT2D eigenvalue weighted by molar-refractivity contribution is 5.94. The van der Waals surface area contributed by atoms with Crippen LogP contribution in [-0.2, 0) is 6.42 Å². The normalized spacial score (nSPS) is 10.4. The van der Waals surface area contributed by atoms with Crippen molar-refractivity contribution in [2.24, 2.45) is 0 Å². The van der Waals surface area contributed by atoms with Gasteiger partial charge in [0, 0.05) is 12.1 Å². The van der Waals surface area contributed by atoms with E-state index in [9.17, 15) is 4.79 Å². The van der Waals surface area contributed by atoms with E-state index in [1.807, 2.05) is 25.1 Å². The fraction of sp³-hybridized carbons (Fsp3) is 0.316. The first-order chi connectivity index (χ1) is 10.1. The Balaban J connectivity index is 1.80. The van der Waals surface area contributed by atoms with Crippen LogP contribution in [0.4, 0.5) is 0 Å². The van der Waals surface area contributed by atoms with Crippen molar-refractivity contribution in [2.45, 2.75) is 33.6 Å². The topological polar surface area (TPSA) is 29.1 Å². The van der Waals surface area contributed by atoms with E-state index in [0.717, 1.165) is 24.0 Å². The van der Waals surface area contributed by atoms with Crippen LogP contribution in [0.25, 0.3) is 0 Å². The summed E-state index contributed by atoms with van der Waals surface area (Å²) in [6, 6.07) is 14.4. The summed E-state index contributed by atoms with van der Waals surface area (Å²) in [5.41, 5.74) is 5.73. The van der Waals surface area contributed by atoms with Gasteiger partial charge in [0.25, 0.3) is 5.91 Å². The molecule has 0 unspecified atom stereocenters. The van der Waals surface area contributed by atoms with Crippen molar-refractivity contribution in [2.75, 3.05) is 6.54 Å². The molecule has 0 atom stereocenters. The smallest absolute Gasteiger partial charge is 0.251 e. The number of rotatable bonds is 5. The largest absolute Gasteiger partial charge is 0.352 e. The summed E-state index contributed by atoms with van der Waals surface area (Å²) in [5, 5.41) is 2.99. The number of nitrogens with one attached hydrogen (secondary N) is 1. The molecule has 1 amide bonds. The molecule has 0 saturated heterocycles. The minimum Gasteiger partial charge on any atom is -0.352 e. The number of aryl methyl sites for hydroxylation is 4. The molecular weight excluding hydrogens is 258 g/mol. The van der Waals surface area contributed by atoms with Crippen LogP contribution in [0.1, 0.15) is 39.0 Å². The maximum atomic E-state index is 12.1. The van der Waals surface area contributed by atoms with Crippen molar-refractivity contribution in [1.29, 1.82) is 0 Å². The van der Waals surface area contributed by atoms with Gasteiger partial charge in [0.05, 0.1) is 0 Å². The van der Waals surface area contributed by atoms with Crippen molar-refractivity contribution in [3.8, 4) is 0 Å². The van der Waals surface area contributed by atoms with E-state index in [2.05, 4.69) is 43.4 Å². The molecule has 0 aromatic heterocycles. The van der Waals surface area contributed by atoms with E-state index in [-0.39, 0.29) is 5.91 Å². The molecule has 1 N–H and O–H groups in total. The standard InChI is InChI=1S/C19H23NO/c1-14-6-4-7-17(12-14)8-5-11-20-19(21)18-10-9-15(2)16(3)13-18/h4,6-7,9-10,12-13H,5,8,11H2,1-3H3,(H,20,21). The van der Waals surface area contributed by atoms with Crippen LogP contribution in [0, 0.1) is 20.8 Å². The highest BCUT2D eigenvalue weighted by Crippen LogP contribution is 2.10. The summed E-state index contributed by atoms with van der Waals surface area (Å²) < 4.78 is 0. The molecule has 0 spiro atoms. The van der Waals surface area contributed by atoms with E-state index >= 15 is 0 Å². The summed E-state index contributed by atoms with van der Waals surface area (Å²) in [4.78, 5) is 12.1. The number of hydrogen-bond acceptors (Lipinski definition) is 1. The number of amides is 1. The van der Waals surface area contributed by atoms with Crippen LogP contribution < -0.4 is 5.32 Å². The Labute approximate surface area is 127 Å². The number of benzene rings is 2. The summed E-state index contributed by atoms with van der Waals surface area (Å²) in [6.07, 6.45) is 1.95. The van der Waals surface area contributed by atoms with Crippen LogP contribution in [-0.4, -0.2) is 12.5 Å². The molecule has 2 aromatic rings. The van der Waals surface area contributed by atoms with Crippen molar-refractivity contribution >= 4 is 5.91 Å². The molecule has 0 saturated carbocycles. The van der Waals surface area contributed by atoms with E-state index < -0.39 is 0 Å².